The number of aromatic nitrogens is 1. The molecule has 0 fully saturated rings. The number of fused-ring (bicyclic) bond motifs is 1. The molecule has 0 unspecified atom stereocenters. The third kappa shape index (κ3) is 2.56. The van der Waals surface area contributed by atoms with Crippen molar-refractivity contribution in [3.05, 3.63) is 52.7 Å². The van der Waals surface area contributed by atoms with Crippen LogP contribution in [0.4, 0.5) is 4.39 Å². The molecule has 0 aliphatic rings. The van der Waals surface area contributed by atoms with Crippen LogP contribution < -0.4 is 0 Å². The molecule has 128 valence electrons. The molecule has 0 atom stereocenters. The SMILES string of the molecule is Cc1c(-c2cccc(C#N)c2)c(F)c2oc(C(=O)N(C)C)nc2c1C#N. The molecule has 0 N–H and O–H groups in total. The summed E-state index contributed by atoms with van der Waals surface area (Å²) in [5, 5.41) is 18.6. The standard InChI is InChI=1S/C19H13FN4O2/c1-10-13(9-22)16-17(26-18(23-16)19(25)24(2)3)15(20)14(10)12-6-4-5-11(7-12)8-21/h4-7H,1-3H3. The average molecular weight is 348 g/mol. The van der Waals surface area contributed by atoms with Crippen LogP contribution in [0.15, 0.2) is 28.7 Å². The fourth-order valence-electron chi connectivity index (χ4n) is 2.73. The number of rotatable bonds is 2. The van der Waals surface area contributed by atoms with Gasteiger partial charge in [0.05, 0.1) is 17.2 Å². The summed E-state index contributed by atoms with van der Waals surface area (Å²) in [4.78, 5) is 17.3. The Morgan fingerprint density at radius 2 is 2.00 bits per heavy atom. The highest BCUT2D eigenvalue weighted by molar-refractivity contribution is 5.95. The van der Waals surface area contributed by atoms with Crippen LogP contribution in [0.25, 0.3) is 22.2 Å². The van der Waals surface area contributed by atoms with Gasteiger partial charge in [0.2, 0.25) is 0 Å². The first-order valence-electron chi connectivity index (χ1n) is 7.64. The van der Waals surface area contributed by atoms with Gasteiger partial charge >= 0.3 is 5.91 Å². The topological polar surface area (TPSA) is 93.9 Å². The molecule has 0 aliphatic heterocycles. The van der Waals surface area contributed by atoms with E-state index in [0.717, 1.165) is 0 Å². The van der Waals surface area contributed by atoms with Crippen molar-refractivity contribution >= 4 is 17.0 Å². The van der Waals surface area contributed by atoms with Gasteiger partial charge in [-0.15, -0.1) is 0 Å². The third-order valence-electron chi connectivity index (χ3n) is 4.01. The van der Waals surface area contributed by atoms with E-state index in [1.54, 1.807) is 25.1 Å². The van der Waals surface area contributed by atoms with Gasteiger partial charge in [-0.05, 0) is 30.2 Å². The van der Waals surface area contributed by atoms with Crippen LogP contribution in [0.2, 0.25) is 0 Å². The summed E-state index contributed by atoms with van der Waals surface area (Å²) >= 11 is 0. The van der Waals surface area contributed by atoms with E-state index in [4.69, 9.17) is 9.68 Å². The molecule has 0 bridgehead atoms. The maximum absolute atomic E-state index is 15.2. The molecule has 1 aromatic heterocycles. The number of carbonyl (C=O) groups is 1. The molecule has 0 radical (unpaired) electrons. The van der Waals surface area contributed by atoms with Crippen LogP contribution in [0, 0.1) is 35.4 Å². The van der Waals surface area contributed by atoms with E-state index < -0.39 is 11.7 Å². The molecular weight excluding hydrogens is 335 g/mol. The number of amides is 1. The van der Waals surface area contributed by atoms with Crippen molar-refractivity contribution in [2.75, 3.05) is 14.1 Å². The van der Waals surface area contributed by atoms with Crippen molar-refractivity contribution in [3.8, 4) is 23.3 Å². The summed E-state index contributed by atoms with van der Waals surface area (Å²) < 4.78 is 20.5. The maximum Gasteiger partial charge on any atom is 0.309 e. The van der Waals surface area contributed by atoms with E-state index in [1.807, 2.05) is 12.1 Å². The second-order valence-corrected chi connectivity index (χ2v) is 5.89. The lowest BCUT2D eigenvalue weighted by molar-refractivity contribution is 0.0791. The molecule has 1 heterocycles. The van der Waals surface area contributed by atoms with Crippen LogP contribution in [0.5, 0.6) is 0 Å². The Bertz CT molecular complexity index is 1130. The zero-order chi connectivity index (χ0) is 19.0. The van der Waals surface area contributed by atoms with Crippen LogP contribution in [0.3, 0.4) is 0 Å². The first-order chi connectivity index (χ1) is 12.4. The van der Waals surface area contributed by atoms with E-state index in [2.05, 4.69) is 4.98 Å². The second kappa shape index (κ2) is 6.30. The zero-order valence-corrected chi connectivity index (χ0v) is 14.3. The number of nitriles is 2. The lowest BCUT2D eigenvalue weighted by Gasteiger charge is -2.10. The van der Waals surface area contributed by atoms with Crippen molar-refractivity contribution in [2.45, 2.75) is 6.92 Å². The molecule has 26 heavy (non-hydrogen) atoms. The van der Waals surface area contributed by atoms with Gasteiger partial charge in [-0.2, -0.15) is 10.5 Å². The van der Waals surface area contributed by atoms with Gasteiger partial charge in [0.15, 0.2) is 11.4 Å². The Morgan fingerprint density at radius 1 is 1.27 bits per heavy atom. The van der Waals surface area contributed by atoms with Gasteiger partial charge in [0.1, 0.15) is 11.6 Å². The van der Waals surface area contributed by atoms with Crippen molar-refractivity contribution in [1.82, 2.24) is 9.88 Å². The Balaban J connectivity index is 2.37. The number of nitrogens with zero attached hydrogens (tertiary/aromatic N) is 4. The van der Waals surface area contributed by atoms with E-state index >= 15 is 4.39 Å². The van der Waals surface area contributed by atoms with E-state index in [-0.39, 0.29) is 28.1 Å². The van der Waals surface area contributed by atoms with Gasteiger partial charge in [-0.25, -0.2) is 9.37 Å². The summed E-state index contributed by atoms with van der Waals surface area (Å²) in [7, 11) is 3.03. The summed E-state index contributed by atoms with van der Waals surface area (Å²) in [5.74, 6) is -1.55. The molecule has 1 amide bonds. The van der Waals surface area contributed by atoms with Gasteiger partial charge in [-0.3, -0.25) is 4.79 Å². The first kappa shape index (κ1) is 17.1. The minimum Gasteiger partial charge on any atom is -0.429 e. The lowest BCUT2D eigenvalue weighted by atomic mass is 9.94. The van der Waals surface area contributed by atoms with Crippen molar-refractivity contribution in [3.63, 3.8) is 0 Å². The summed E-state index contributed by atoms with van der Waals surface area (Å²) in [5.41, 5.74) is 1.19. The minimum atomic E-state index is -0.725. The molecule has 3 rings (SSSR count). The number of hydrogen-bond donors (Lipinski definition) is 0. The highest BCUT2D eigenvalue weighted by Crippen LogP contribution is 2.36. The van der Waals surface area contributed by atoms with Crippen LogP contribution >= 0.6 is 0 Å². The monoisotopic (exact) mass is 348 g/mol. The van der Waals surface area contributed by atoms with Gasteiger partial charge < -0.3 is 9.32 Å². The molecule has 7 heteroatoms. The second-order valence-electron chi connectivity index (χ2n) is 5.89. The molecular formula is C19H13FN4O2. The largest absolute Gasteiger partial charge is 0.429 e. The Kier molecular flexibility index (Phi) is 4.15. The fourth-order valence-corrected chi connectivity index (χ4v) is 2.73. The van der Waals surface area contributed by atoms with Crippen molar-refractivity contribution in [1.29, 1.82) is 10.5 Å². The smallest absolute Gasteiger partial charge is 0.309 e. The Labute approximate surface area is 148 Å². The summed E-state index contributed by atoms with van der Waals surface area (Å²) in [6.45, 7) is 1.59. The Morgan fingerprint density at radius 3 is 2.62 bits per heavy atom. The van der Waals surface area contributed by atoms with Gasteiger partial charge in [-0.1, -0.05) is 12.1 Å². The Hall–Kier alpha value is -3.71. The van der Waals surface area contributed by atoms with E-state index in [1.165, 1.54) is 25.1 Å². The number of carbonyl (C=O) groups excluding carboxylic acids is 1. The van der Waals surface area contributed by atoms with Crippen LogP contribution in [-0.4, -0.2) is 29.9 Å². The predicted octanol–water partition coefficient (Wildman–Crippen LogP) is 3.39. The number of halogens is 1. The van der Waals surface area contributed by atoms with Crippen molar-refractivity contribution < 1.29 is 13.6 Å². The number of benzene rings is 2. The predicted molar refractivity (Wildman–Crippen MR) is 91.6 cm³/mol. The molecule has 0 aliphatic carbocycles. The maximum atomic E-state index is 15.2. The summed E-state index contributed by atoms with van der Waals surface area (Å²) in [6.07, 6.45) is 0. The lowest BCUT2D eigenvalue weighted by Crippen LogP contribution is -2.21. The number of oxazole rings is 1. The molecule has 0 spiro atoms. The van der Waals surface area contributed by atoms with Gasteiger partial charge in [0.25, 0.3) is 5.89 Å². The molecule has 2 aromatic carbocycles. The van der Waals surface area contributed by atoms with E-state index in [9.17, 15) is 10.1 Å². The minimum absolute atomic E-state index is 0.00730. The van der Waals surface area contributed by atoms with Crippen LogP contribution in [0.1, 0.15) is 27.4 Å². The highest BCUT2D eigenvalue weighted by atomic mass is 19.1. The normalized spacial score (nSPS) is 10.4. The van der Waals surface area contributed by atoms with Crippen LogP contribution in [-0.2, 0) is 0 Å². The number of hydrogen-bond acceptors (Lipinski definition) is 5. The molecule has 6 nitrogen and oxygen atoms in total. The third-order valence-corrected chi connectivity index (χ3v) is 4.01. The molecule has 0 saturated carbocycles. The average Bonchev–Trinajstić information content (AvgIpc) is 3.07. The van der Waals surface area contributed by atoms with E-state index in [0.29, 0.717) is 16.7 Å². The molecule has 0 saturated heterocycles. The summed E-state index contributed by atoms with van der Waals surface area (Å²) in [6, 6.07) is 10.4. The zero-order valence-electron chi connectivity index (χ0n) is 14.3. The first-order valence-corrected chi connectivity index (χ1v) is 7.64. The quantitative estimate of drug-likeness (QED) is 0.707. The molecule has 3 aromatic rings. The highest BCUT2D eigenvalue weighted by Gasteiger charge is 2.26. The fraction of sp³-hybridized carbons (Fsp3) is 0.158. The van der Waals surface area contributed by atoms with Gasteiger partial charge in [0, 0.05) is 19.7 Å². The van der Waals surface area contributed by atoms with Crippen molar-refractivity contribution in [2.24, 2.45) is 0 Å².